The Kier molecular flexibility index (Phi) is 2.10. The first kappa shape index (κ1) is 8.38. The van der Waals surface area contributed by atoms with Gasteiger partial charge in [-0.2, -0.15) is 0 Å². The van der Waals surface area contributed by atoms with Crippen molar-refractivity contribution in [1.29, 1.82) is 0 Å². The van der Waals surface area contributed by atoms with Gasteiger partial charge in [-0.15, -0.1) is 0 Å². The monoisotopic (exact) mass is 179 g/mol. The van der Waals surface area contributed by atoms with Gasteiger partial charge in [-0.3, -0.25) is 0 Å². The van der Waals surface area contributed by atoms with Crippen LogP contribution in [0.25, 0.3) is 0 Å². The SMILES string of the molecule is NCC1CCOc2cccc(O)c21. The summed E-state index contributed by atoms with van der Waals surface area (Å²) in [5, 5.41) is 9.62. The summed E-state index contributed by atoms with van der Waals surface area (Å²) in [6.45, 7) is 1.26. The molecule has 1 unspecified atom stereocenters. The zero-order valence-corrected chi connectivity index (χ0v) is 7.36. The first-order valence-electron chi connectivity index (χ1n) is 4.47. The van der Waals surface area contributed by atoms with Crippen molar-refractivity contribution in [3.05, 3.63) is 23.8 Å². The van der Waals surface area contributed by atoms with Crippen molar-refractivity contribution < 1.29 is 9.84 Å². The Hall–Kier alpha value is -1.22. The van der Waals surface area contributed by atoms with Gasteiger partial charge < -0.3 is 15.6 Å². The van der Waals surface area contributed by atoms with Crippen LogP contribution < -0.4 is 10.5 Å². The number of hydrogen-bond acceptors (Lipinski definition) is 3. The topological polar surface area (TPSA) is 55.5 Å². The van der Waals surface area contributed by atoms with E-state index < -0.39 is 0 Å². The summed E-state index contributed by atoms with van der Waals surface area (Å²) in [6, 6.07) is 5.33. The van der Waals surface area contributed by atoms with Crippen LogP contribution in [0.5, 0.6) is 11.5 Å². The van der Waals surface area contributed by atoms with Gasteiger partial charge in [-0.1, -0.05) is 6.07 Å². The molecule has 13 heavy (non-hydrogen) atoms. The highest BCUT2D eigenvalue weighted by Crippen LogP contribution is 2.38. The number of rotatable bonds is 1. The maximum atomic E-state index is 9.62. The first-order valence-corrected chi connectivity index (χ1v) is 4.47. The van der Waals surface area contributed by atoms with E-state index in [1.54, 1.807) is 12.1 Å². The maximum Gasteiger partial charge on any atom is 0.126 e. The zero-order valence-electron chi connectivity index (χ0n) is 7.36. The van der Waals surface area contributed by atoms with Gasteiger partial charge in [-0.25, -0.2) is 0 Å². The average molecular weight is 179 g/mol. The van der Waals surface area contributed by atoms with Crippen LogP contribution in [0, 0.1) is 0 Å². The van der Waals surface area contributed by atoms with Crippen LogP contribution in [-0.4, -0.2) is 18.3 Å². The molecule has 3 N–H and O–H groups in total. The van der Waals surface area contributed by atoms with Crippen molar-refractivity contribution in [2.75, 3.05) is 13.2 Å². The van der Waals surface area contributed by atoms with Crippen molar-refractivity contribution >= 4 is 0 Å². The van der Waals surface area contributed by atoms with E-state index in [0.717, 1.165) is 17.7 Å². The van der Waals surface area contributed by atoms with E-state index in [-0.39, 0.29) is 5.92 Å². The lowest BCUT2D eigenvalue weighted by Gasteiger charge is -2.25. The number of ether oxygens (including phenoxy) is 1. The summed E-state index contributed by atoms with van der Waals surface area (Å²) >= 11 is 0. The fraction of sp³-hybridized carbons (Fsp3) is 0.400. The molecule has 1 aromatic carbocycles. The quantitative estimate of drug-likeness (QED) is 0.681. The van der Waals surface area contributed by atoms with E-state index in [0.29, 0.717) is 18.9 Å². The van der Waals surface area contributed by atoms with Gasteiger partial charge >= 0.3 is 0 Å². The second kappa shape index (κ2) is 3.26. The summed E-state index contributed by atoms with van der Waals surface area (Å²) in [5.41, 5.74) is 6.49. The standard InChI is InChI=1S/C10H13NO2/c11-6-7-4-5-13-9-3-1-2-8(12)10(7)9/h1-3,7,12H,4-6,11H2. The highest BCUT2D eigenvalue weighted by Gasteiger charge is 2.22. The minimum absolute atomic E-state index is 0.241. The number of phenols is 1. The molecule has 0 bridgehead atoms. The van der Waals surface area contributed by atoms with Crippen molar-refractivity contribution in [3.63, 3.8) is 0 Å². The van der Waals surface area contributed by atoms with Crippen LogP contribution in [0.1, 0.15) is 17.9 Å². The molecule has 0 aromatic heterocycles. The van der Waals surface area contributed by atoms with Crippen molar-refractivity contribution in [1.82, 2.24) is 0 Å². The predicted octanol–water partition coefficient (Wildman–Crippen LogP) is 1.22. The third-order valence-corrected chi connectivity index (χ3v) is 2.46. The molecule has 0 saturated heterocycles. The Labute approximate surface area is 77.1 Å². The molecule has 3 heteroatoms. The summed E-state index contributed by atoms with van der Waals surface area (Å²) in [4.78, 5) is 0. The average Bonchev–Trinajstić information content (AvgIpc) is 2.17. The molecule has 1 aromatic rings. The Morgan fingerprint density at radius 2 is 2.38 bits per heavy atom. The first-order chi connectivity index (χ1) is 6.33. The van der Waals surface area contributed by atoms with Gasteiger partial charge in [0.15, 0.2) is 0 Å². The molecule has 1 atom stereocenters. The second-order valence-corrected chi connectivity index (χ2v) is 3.26. The largest absolute Gasteiger partial charge is 0.508 e. The molecule has 1 heterocycles. The smallest absolute Gasteiger partial charge is 0.126 e. The molecule has 0 saturated carbocycles. The van der Waals surface area contributed by atoms with E-state index in [1.165, 1.54) is 0 Å². The summed E-state index contributed by atoms with van der Waals surface area (Å²) < 4.78 is 5.42. The van der Waals surface area contributed by atoms with Crippen LogP contribution in [-0.2, 0) is 0 Å². The van der Waals surface area contributed by atoms with Crippen molar-refractivity contribution in [2.24, 2.45) is 5.73 Å². The van der Waals surface area contributed by atoms with Gasteiger partial charge in [0.25, 0.3) is 0 Å². The number of aromatic hydroxyl groups is 1. The highest BCUT2D eigenvalue weighted by atomic mass is 16.5. The van der Waals surface area contributed by atoms with E-state index in [1.807, 2.05) is 6.07 Å². The molecule has 0 radical (unpaired) electrons. The van der Waals surface area contributed by atoms with Crippen LogP contribution in [0.3, 0.4) is 0 Å². The van der Waals surface area contributed by atoms with Crippen molar-refractivity contribution in [3.8, 4) is 11.5 Å². The lowest BCUT2D eigenvalue weighted by molar-refractivity contribution is 0.263. The molecular formula is C10H13NO2. The molecule has 0 aliphatic carbocycles. The van der Waals surface area contributed by atoms with Gasteiger partial charge in [0.05, 0.1) is 6.61 Å². The Morgan fingerprint density at radius 1 is 1.54 bits per heavy atom. The van der Waals surface area contributed by atoms with Crippen LogP contribution in [0.4, 0.5) is 0 Å². The second-order valence-electron chi connectivity index (χ2n) is 3.26. The number of phenolic OH excluding ortho intramolecular Hbond substituents is 1. The lowest BCUT2D eigenvalue weighted by Crippen LogP contribution is -2.20. The molecular weight excluding hydrogens is 166 g/mol. The van der Waals surface area contributed by atoms with E-state index >= 15 is 0 Å². The Bertz CT molecular complexity index is 312. The molecule has 0 fully saturated rings. The number of fused-ring (bicyclic) bond motifs is 1. The third-order valence-electron chi connectivity index (χ3n) is 2.46. The van der Waals surface area contributed by atoms with Gasteiger partial charge in [-0.05, 0) is 25.1 Å². The third kappa shape index (κ3) is 1.35. The number of hydrogen-bond donors (Lipinski definition) is 2. The number of nitrogens with two attached hydrogens (primary N) is 1. The highest BCUT2D eigenvalue weighted by molar-refractivity contribution is 5.47. The lowest BCUT2D eigenvalue weighted by atomic mass is 9.92. The van der Waals surface area contributed by atoms with Gasteiger partial charge in [0, 0.05) is 11.5 Å². The molecule has 3 nitrogen and oxygen atoms in total. The summed E-state index contributed by atoms with van der Waals surface area (Å²) in [5.74, 6) is 1.32. The fourth-order valence-electron chi connectivity index (χ4n) is 1.76. The summed E-state index contributed by atoms with van der Waals surface area (Å²) in [7, 11) is 0. The van der Waals surface area contributed by atoms with Gasteiger partial charge in [0.2, 0.25) is 0 Å². The molecule has 2 rings (SSSR count). The van der Waals surface area contributed by atoms with Gasteiger partial charge in [0.1, 0.15) is 11.5 Å². The van der Waals surface area contributed by atoms with E-state index in [2.05, 4.69) is 0 Å². The predicted molar refractivity (Wildman–Crippen MR) is 50.0 cm³/mol. The van der Waals surface area contributed by atoms with Crippen molar-refractivity contribution in [2.45, 2.75) is 12.3 Å². The van der Waals surface area contributed by atoms with Crippen LogP contribution in [0.2, 0.25) is 0 Å². The molecule has 0 spiro atoms. The van der Waals surface area contributed by atoms with E-state index in [9.17, 15) is 5.11 Å². The van der Waals surface area contributed by atoms with E-state index in [4.69, 9.17) is 10.5 Å². The van der Waals surface area contributed by atoms with Crippen LogP contribution >= 0.6 is 0 Å². The normalized spacial score (nSPS) is 20.5. The number of benzene rings is 1. The maximum absolute atomic E-state index is 9.62. The molecule has 0 amide bonds. The minimum atomic E-state index is 0.241. The fourth-order valence-corrected chi connectivity index (χ4v) is 1.76. The summed E-state index contributed by atoms with van der Waals surface area (Å²) in [6.07, 6.45) is 0.890. The molecule has 70 valence electrons. The molecule has 1 aliphatic rings. The minimum Gasteiger partial charge on any atom is -0.508 e. The Balaban J connectivity index is 2.47. The van der Waals surface area contributed by atoms with Crippen LogP contribution in [0.15, 0.2) is 18.2 Å². The Morgan fingerprint density at radius 3 is 3.15 bits per heavy atom. The molecule has 1 aliphatic heterocycles. The zero-order chi connectivity index (χ0) is 9.26.